The van der Waals surface area contributed by atoms with Crippen molar-refractivity contribution in [2.45, 2.75) is 0 Å². The van der Waals surface area contributed by atoms with Crippen LogP contribution in [0, 0.1) is 0 Å². The average Bonchev–Trinajstić information content (AvgIpc) is 3.02. The highest BCUT2D eigenvalue weighted by Gasteiger charge is 2.18. The summed E-state index contributed by atoms with van der Waals surface area (Å²) in [5.41, 5.74) is 1.11. The molecule has 112 valence electrons. The van der Waals surface area contributed by atoms with E-state index in [0.717, 1.165) is 0 Å². The zero-order chi connectivity index (χ0) is 15.4. The molecule has 0 spiro atoms. The Labute approximate surface area is 121 Å². The first-order valence-electron chi connectivity index (χ1n) is 6.00. The Balaban J connectivity index is 2.49. The largest absolute Gasteiger partial charge is 0.493 e. The van der Waals surface area contributed by atoms with Crippen molar-refractivity contribution in [3.8, 4) is 28.5 Å². The van der Waals surface area contributed by atoms with Crippen LogP contribution in [0.15, 0.2) is 22.7 Å². The standard InChI is InChI=1S/C14H15NO6/c1-17-10-5-8(6-11(18-2)13(10)19-3)9-7-12(21-15-9)14(16)20-4/h5-7H,1-4H3. The fraction of sp³-hybridized carbons (Fsp3) is 0.286. The van der Waals surface area contributed by atoms with Crippen LogP contribution in [0.3, 0.4) is 0 Å². The van der Waals surface area contributed by atoms with Crippen LogP contribution in [0.2, 0.25) is 0 Å². The molecule has 2 rings (SSSR count). The van der Waals surface area contributed by atoms with Gasteiger partial charge in [0.15, 0.2) is 11.5 Å². The number of rotatable bonds is 5. The zero-order valence-electron chi connectivity index (χ0n) is 12.1. The summed E-state index contributed by atoms with van der Waals surface area (Å²) in [5, 5.41) is 3.83. The van der Waals surface area contributed by atoms with Gasteiger partial charge in [-0.2, -0.15) is 0 Å². The molecule has 7 heteroatoms. The van der Waals surface area contributed by atoms with Crippen LogP contribution >= 0.6 is 0 Å². The summed E-state index contributed by atoms with van der Waals surface area (Å²) in [7, 11) is 5.82. The smallest absolute Gasteiger partial charge is 0.376 e. The molecule has 0 fully saturated rings. The highest BCUT2D eigenvalue weighted by Crippen LogP contribution is 2.40. The number of hydrogen-bond donors (Lipinski definition) is 0. The number of methoxy groups -OCH3 is 4. The van der Waals surface area contributed by atoms with Gasteiger partial charge < -0.3 is 23.5 Å². The van der Waals surface area contributed by atoms with E-state index in [9.17, 15) is 4.79 Å². The molecule has 0 N–H and O–H groups in total. The van der Waals surface area contributed by atoms with E-state index in [1.54, 1.807) is 12.1 Å². The van der Waals surface area contributed by atoms with Crippen molar-refractivity contribution in [2.24, 2.45) is 0 Å². The van der Waals surface area contributed by atoms with Gasteiger partial charge in [-0.15, -0.1) is 0 Å². The normalized spacial score (nSPS) is 10.1. The quantitative estimate of drug-likeness (QED) is 0.781. The molecule has 0 aliphatic carbocycles. The molecule has 7 nitrogen and oxygen atoms in total. The van der Waals surface area contributed by atoms with Gasteiger partial charge in [-0.05, 0) is 12.1 Å². The Bertz CT molecular complexity index is 624. The van der Waals surface area contributed by atoms with Gasteiger partial charge in [0.05, 0.1) is 28.4 Å². The first-order chi connectivity index (χ1) is 10.1. The van der Waals surface area contributed by atoms with Crippen LogP contribution in [0.4, 0.5) is 0 Å². The average molecular weight is 293 g/mol. The Hall–Kier alpha value is -2.70. The van der Waals surface area contributed by atoms with E-state index in [4.69, 9.17) is 18.7 Å². The molecule has 0 bridgehead atoms. The van der Waals surface area contributed by atoms with Crippen molar-refractivity contribution in [1.82, 2.24) is 5.16 Å². The first kappa shape index (κ1) is 14.7. The van der Waals surface area contributed by atoms with E-state index >= 15 is 0 Å². The van der Waals surface area contributed by atoms with E-state index in [1.165, 1.54) is 34.5 Å². The molecule has 21 heavy (non-hydrogen) atoms. The lowest BCUT2D eigenvalue weighted by atomic mass is 10.1. The van der Waals surface area contributed by atoms with Gasteiger partial charge in [-0.25, -0.2) is 4.79 Å². The van der Waals surface area contributed by atoms with Gasteiger partial charge in [0.2, 0.25) is 11.5 Å². The molecular formula is C14H15NO6. The maximum Gasteiger partial charge on any atom is 0.376 e. The Morgan fingerprint density at radius 1 is 1.00 bits per heavy atom. The topological polar surface area (TPSA) is 80.0 Å². The number of carbonyl (C=O) groups is 1. The van der Waals surface area contributed by atoms with Crippen molar-refractivity contribution >= 4 is 5.97 Å². The zero-order valence-corrected chi connectivity index (χ0v) is 12.1. The van der Waals surface area contributed by atoms with Crippen molar-refractivity contribution in [2.75, 3.05) is 28.4 Å². The lowest BCUT2D eigenvalue weighted by Crippen LogP contribution is -1.98. The molecule has 0 atom stereocenters. The van der Waals surface area contributed by atoms with Gasteiger partial charge in [-0.3, -0.25) is 0 Å². The minimum Gasteiger partial charge on any atom is -0.493 e. The van der Waals surface area contributed by atoms with E-state index in [0.29, 0.717) is 28.5 Å². The number of ether oxygens (including phenoxy) is 4. The van der Waals surface area contributed by atoms with E-state index in [2.05, 4.69) is 9.89 Å². The molecule has 0 radical (unpaired) electrons. The number of aromatic nitrogens is 1. The number of esters is 1. The van der Waals surface area contributed by atoms with Gasteiger partial charge in [0.25, 0.3) is 0 Å². The number of benzene rings is 1. The van der Waals surface area contributed by atoms with E-state index < -0.39 is 5.97 Å². The SMILES string of the molecule is COC(=O)c1cc(-c2cc(OC)c(OC)c(OC)c2)no1. The fourth-order valence-electron chi connectivity index (χ4n) is 1.84. The maximum absolute atomic E-state index is 11.4. The molecule has 0 aliphatic rings. The summed E-state index contributed by atoms with van der Waals surface area (Å²) < 4.78 is 25.3. The molecule has 0 aliphatic heterocycles. The molecule has 1 heterocycles. The van der Waals surface area contributed by atoms with Crippen molar-refractivity contribution in [3.63, 3.8) is 0 Å². The molecule has 1 aromatic heterocycles. The van der Waals surface area contributed by atoms with Crippen molar-refractivity contribution in [3.05, 3.63) is 24.0 Å². The minimum atomic E-state index is -0.596. The van der Waals surface area contributed by atoms with Crippen LogP contribution in [0.5, 0.6) is 17.2 Å². The summed E-state index contributed by atoms with van der Waals surface area (Å²) >= 11 is 0. The fourth-order valence-corrected chi connectivity index (χ4v) is 1.84. The molecule has 1 aromatic carbocycles. The molecule has 2 aromatic rings. The van der Waals surface area contributed by atoms with Gasteiger partial charge >= 0.3 is 5.97 Å². The Morgan fingerprint density at radius 2 is 1.62 bits per heavy atom. The predicted octanol–water partition coefficient (Wildman–Crippen LogP) is 2.15. The number of hydrogen-bond acceptors (Lipinski definition) is 7. The van der Waals surface area contributed by atoms with Crippen LogP contribution in [0.25, 0.3) is 11.3 Å². The van der Waals surface area contributed by atoms with E-state index in [1.807, 2.05) is 0 Å². The number of nitrogens with zero attached hydrogens (tertiary/aromatic N) is 1. The van der Waals surface area contributed by atoms with E-state index in [-0.39, 0.29) is 5.76 Å². The van der Waals surface area contributed by atoms with Crippen molar-refractivity contribution < 1.29 is 28.3 Å². The lowest BCUT2D eigenvalue weighted by molar-refractivity contribution is 0.0554. The minimum absolute atomic E-state index is 0.0150. The molecule has 0 saturated carbocycles. The maximum atomic E-state index is 11.4. The van der Waals surface area contributed by atoms with Crippen LogP contribution in [0.1, 0.15) is 10.6 Å². The summed E-state index contributed by atoms with van der Waals surface area (Å²) in [6, 6.07) is 4.90. The summed E-state index contributed by atoms with van der Waals surface area (Å²) in [5.74, 6) is 0.854. The van der Waals surface area contributed by atoms with Crippen molar-refractivity contribution in [1.29, 1.82) is 0 Å². The third-order valence-corrected chi connectivity index (χ3v) is 2.86. The first-order valence-corrected chi connectivity index (χ1v) is 6.00. The molecule has 0 amide bonds. The number of carbonyl (C=O) groups excluding carboxylic acids is 1. The third kappa shape index (κ3) is 2.76. The third-order valence-electron chi connectivity index (χ3n) is 2.86. The Kier molecular flexibility index (Phi) is 4.32. The monoisotopic (exact) mass is 293 g/mol. The highest BCUT2D eigenvalue weighted by atomic mass is 16.6. The summed E-state index contributed by atoms with van der Waals surface area (Å²) in [6.07, 6.45) is 0. The van der Waals surface area contributed by atoms with Gasteiger partial charge in [-0.1, -0.05) is 5.16 Å². The second kappa shape index (κ2) is 6.17. The Morgan fingerprint density at radius 3 is 2.10 bits per heavy atom. The second-order valence-corrected chi connectivity index (χ2v) is 3.98. The second-order valence-electron chi connectivity index (χ2n) is 3.98. The molecule has 0 unspecified atom stereocenters. The summed E-state index contributed by atoms with van der Waals surface area (Å²) in [6.45, 7) is 0. The highest BCUT2D eigenvalue weighted by molar-refractivity contribution is 5.87. The van der Waals surface area contributed by atoms with Gasteiger partial charge in [0, 0.05) is 11.6 Å². The van der Waals surface area contributed by atoms with Crippen LogP contribution in [-0.2, 0) is 4.74 Å². The van der Waals surface area contributed by atoms with Crippen LogP contribution in [-0.4, -0.2) is 39.6 Å². The van der Waals surface area contributed by atoms with Crippen LogP contribution < -0.4 is 14.2 Å². The lowest BCUT2D eigenvalue weighted by Gasteiger charge is -2.13. The summed E-state index contributed by atoms with van der Waals surface area (Å²) in [4.78, 5) is 11.4. The molecule has 0 saturated heterocycles. The predicted molar refractivity (Wildman–Crippen MR) is 72.9 cm³/mol. The van der Waals surface area contributed by atoms with Gasteiger partial charge in [0.1, 0.15) is 5.69 Å². The molecular weight excluding hydrogens is 278 g/mol.